The van der Waals surface area contributed by atoms with Gasteiger partial charge in [0, 0.05) is 19.4 Å². The Balaban J connectivity index is 5.59. The van der Waals surface area contributed by atoms with Crippen LogP contribution in [0.1, 0.15) is 44.9 Å². The van der Waals surface area contributed by atoms with Gasteiger partial charge in [0.2, 0.25) is 23.6 Å². The molecule has 0 aliphatic rings. The number of aliphatic carboxylic acids is 2. The molecule has 0 bridgehead atoms. The summed E-state index contributed by atoms with van der Waals surface area (Å²) in [4.78, 5) is 75.5. The fourth-order valence-corrected chi connectivity index (χ4v) is 3.53. The van der Waals surface area contributed by atoms with Crippen molar-refractivity contribution in [2.75, 3.05) is 18.6 Å². The number of thioether (sulfide) groups is 1. The number of guanidine groups is 1. The van der Waals surface area contributed by atoms with E-state index in [1.165, 1.54) is 11.8 Å². The molecule has 16 nitrogen and oxygen atoms in total. The van der Waals surface area contributed by atoms with E-state index < -0.39 is 66.2 Å². The maximum atomic E-state index is 13.1. The third-order valence-corrected chi connectivity index (χ3v) is 5.77. The van der Waals surface area contributed by atoms with E-state index in [0.717, 1.165) is 0 Å². The number of primary amides is 1. The highest BCUT2D eigenvalue weighted by molar-refractivity contribution is 7.98. The molecule has 4 atom stereocenters. The van der Waals surface area contributed by atoms with Crippen LogP contribution < -0.4 is 38.9 Å². The van der Waals surface area contributed by atoms with Crippen LogP contribution in [-0.2, 0) is 28.8 Å². The van der Waals surface area contributed by atoms with E-state index in [-0.39, 0.29) is 51.0 Å². The fourth-order valence-electron chi connectivity index (χ4n) is 3.05. The summed E-state index contributed by atoms with van der Waals surface area (Å²) in [6.07, 6.45) is 1.19. The van der Waals surface area contributed by atoms with Crippen LogP contribution in [0.2, 0.25) is 0 Å². The van der Waals surface area contributed by atoms with Crippen LogP contribution in [-0.4, -0.2) is 94.5 Å². The summed E-state index contributed by atoms with van der Waals surface area (Å²) in [5.74, 6) is -5.34. The minimum Gasteiger partial charge on any atom is -0.481 e. The lowest BCUT2D eigenvalue weighted by atomic mass is 10.1. The van der Waals surface area contributed by atoms with Crippen molar-refractivity contribution in [1.82, 2.24) is 16.0 Å². The number of rotatable bonds is 20. The molecule has 17 heteroatoms. The SMILES string of the molecule is CSCCC(NC(=O)C(CCCN=C(N)N)NC(=O)C(N)CCC(N)=O)C(=O)NC(CCC(=O)O)C(=O)O. The second kappa shape index (κ2) is 18.6. The Kier molecular flexibility index (Phi) is 16.9. The molecular weight excluding hydrogens is 524 g/mol. The van der Waals surface area contributed by atoms with Crippen molar-refractivity contribution in [2.24, 2.45) is 27.9 Å². The predicted octanol–water partition coefficient (Wildman–Crippen LogP) is -3.21. The van der Waals surface area contributed by atoms with E-state index in [9.17, 15) is 33.9 Å². The lowest BCUT2D eigenvalue weighted by Crippen LogP contribution is -2.57. The number of carboxylic acid groups (broad SMARTS) is 2. The quantitative estimate of drug-likeness (QED) is 0.0402. The molecule has 0 aliphatic carbocycles. The molecular formula is C21H38N8O8S. The van der Waals surface area contributed by atoms with Crippen molar-refractivity contribution in [2.45, 2.75) is 69.1 Å². The van der Waals surface area contributed by atoms with Gasteiger partial charge in [-0.3, -0.25) is 29.0 Å². The highest BCUT2D eigenvalue weighted by Gasteiger charge is 2.30. The number of nitrogens with one attached hydrogen (secondary N) is 3. The van der Waals surface area contributed by atoms with Crippen molar-refractivity contribution in [3.8, 4) is 0 Å². The highest BCUT2D eigenvalue weighted by atomic mass is 32.2. The molecule has 13 N–H and O–H groups in total. The maximum absolute atomic E-state index is 13.1. The second-order valence-electron chi connectivity index (χ2n) is 8.30. The topological polar surface area (TPSA) is 295 Å². The Morgan fingerprint density at radius 1 is 0.789 bits per heavy atom. The largest absolute Gasteiger partial charge is 0.481 e. The number of hydrogen-bond acceptors (Lipinski definition) is 9. The van der Waals surface area contributed by atoms with Crippen LogP contribution in [0.4, 0.5) is 0 Å². The van der Waals surface area contributed by atoms with Crippen molar-refractivity contribution in [3.05, 3.63) is 0 Å². The highest BCUT2D eigenvalue weighted by Crippen LogP contribution is 2.07. The summed E-state index contributed by atoms with van der Waals surface area (Å²) in [5.41, 5.74) is 21.5. The second-order valence-corrected chi connectivity index (χ2v) is 9.28. The lowest BCUT2D eigenvalue weighted by Gasteiger charge is -2.25. The normalized spacial score (nSPS) is 13.7. The van der Waals surface area contributed by atoms with Gasteiger partial charge in [-0.15, -0.1) is 0 Å². The van der Waals surface area contributed by atoms with Crippen LogP contribution in [0.5, 0.6) is 0 Å². The van der Waals surface area contributed by atoms with E-state index in [4.69, 9.17) is 28.0 Å². The number of nitrogens with zero attached hydrogens (tertiary/aromatic N) is 1. The van der Waals surface area contributed by atoms with E-state index in [1.807, 2.05) is 0 Å². The minimum absolute atomic E-state index is 0.0464. The van der Waals surface area contributed by atoms with Crippen LogP contribution >= 0.6 is 11.8 Å². The molecule has 38 heavy (non-hydrogen) atoms. The standard InChI is InChI=1S/C21H38N8O8S/c1-38-10-8-13(19(35)29-14(20(36)37)5-7-16(31)32)28-18(34)12(3-2-9-26-21(24)25)27-17(33)11(22)4-6-15(23)30/h11-14H,2-10,22H2,1H3,(H2,23,30)(H,27,33)(H,28,34)(H,29,35)(H,31,32)(H,36,37)(H4,24,25,26). The van der Waals surface area contributed by atoms with Crippen LogP contribution in [0.3, 0.4) is 0 Å². The van der Waals surface area contributed by atoms with Crippen LogP contribution in [0.25, 0.3) is 0 Å². The van der Waals surface area contributed by atoms with E-state index in [0.29, 0.717) is 5.75 Å². The van der Waals surface area contributed by atoms with Crippen molar-refractivity contribution >= 4 is 53.3 Å². The van der Waals surface area contributed by atoms with Crippen molar-refractivity contribution < 1.29 is 39.0 Å². The van der Waals surface area contributed by atoms with Gasteiger partial charge >= 0.3 is 11.9 Å². The number of carbonyl (C=O) groups is 6. The summed E-state index contributed by atoms with van der Waals surface area (Å²) >= 11 is 1.38. The molecule has 0 rings (SSSR count). The first-order valence-electron chi connectivity index (χ1n) is 11.7. The molecule has 0 aliphatic heterocycles. The third-order valence-electron chi connectivity index (χ3n) is 5.12. The first kappa shape index (κ1) is 34.4. The average Bonchev–Trinajstić information content (AvgIpc) is 2.83. The van der Waals surface area contributed by atoms with Gasteiger partial charge in [-0.25, -0.2) is 4.79 Å². The third kappa shape index (κ3) is 15.5. The van der Waals surface area contributed by atoms with Gasteiger partial charge in [0.05, 0.1) is 6.04 Å². The predicted molar refractivity (Wildman–Crippen MR) is 140 cm³/mol. The van der Waals surface area contributed by atoms with Gasteiger partial charge in [-0.2, -0.15) is 11.8 Å². The molecule has 0 aromatic heterocycles. The summed E-state index contributed by atoms with van der Waals surface area (Å²) < 4.78 is 0. The molecule has 0 saturated heterocycles. The zero-order chi connectivity index (χ0) is 29.3. The van der Waals surface area contributed by atoms with Crippen molar-refractivity contribution in [3.63, 3.8) is 0 Å². The summed E-state index contributed by atoms with van der Waals surface area (Å²) in [6, 6.07) is -4.95. The smallest absolute Gasteiger partial charge is 0.326 e. The van der Waals surface area contributed by atoms with Gasteiger partial charge in [-0.05, 0) is 44.1 Å². The van der Waals surface area contributed by atoms with E-state index in [1.54, 1.807) is 6.26 Å². The van der Waals surface area contributed by atoms with Gasteiger partial charge < -0.3 is 49.1 Å². The van der Waals surface area contributed by atoms with Crippen LogP contribution in [0, 0.1) is 0 Å². The fraction of sp³-hybridized carbons (Fsp3) is 0.667. The molecule has 0 radical (unpaired) electrons. The first-order chi connectivity index (χ1) is 17.8. The molecule has 0 saturated carbocycles. The average molecular weight is 563 g/mol. The minimum atomic E-state index is -1.48. The number of hydrogen-bond donors (Lipinski definition) is 9. The molecule has 4 unspecified atom stereocenters. The molecule has 4 amide bonds. The Morgan fingerprint density at radius 2 is 1.34 bits per heavy atom. The molecule has 0 fully saturated rings. The molecule has 0 spiro atoms. The monoisotopic (exact) mass is 562 g/mol. The van der Waals surface area contributed by atoms with Crippen LogP contribution in [0.15, 0.2) is 4.99 Å². The number of amides is 4. The number of aliphatic imine (C=N–C) groups is 1. The lowest BCUT2D eigenvalue weighted by molar-refractivity contribution is -0.143. The Hall–Kier alpha value is -3.60. The summed E-state index contributed by atoms with van der Waals surface area (Å²) in [5, 5.41) is 25.4. The zero-order valence-corrected chi connectivity index (χ0v) is 22.0. The van der Waals surface area contributed by atoms with Crippen molar-refractivity contribution in [1.29, 1.82) is 0 Å². The Labute approximate surface area is 224 Å². The number of carboxylic acids is 2. The van der Waals surface area contributed by atoms with E-state index in [2.05, 4.69) is 20.9 Å². The number of carbonyl (C=O) groups excluding carboxylic acids is 4. The van der Waals surface area contributed by atoms with Gasteiger partial charge in [0.25, 0.3) is 0 Å². The summed E-state index contributed by atoms with van der Waals surface area (Å²) in [7, 11) is 0. The zero-order valence-electron chi connectivity index (χ0n) is 21.2. The summed E-state index contributed by atoms with van der Waals surface area (Å²) in [6.45, 7) is 0.149. The van der Waals surface area contributed by atoms with Gasteiger partial charge in [0.15, 0.2) is 5.96 Å². The Morgan fingerprint density at radius 3 is 1.84 bits per heavy atom. The first-order valence-corrected chi connectivity index (χ1v) is 13.1. The Bertz CT molecular complexity index is 868. The van der Waals surface area contributed by atoms with E-state index >= 15 is 0 Å². The molecule has 0 heterocycles. The number of nitrogens with two attached hydrogens (primary N) is 4. The van der Waals surface area contributed by atoms with Gasteiger partial charge in [0.1, 0.15) is 18.1 Å². The maximum Gasteiger partial charge on any atom is 0.326 e. The van der Waals surface area contributed by atoms with Gasteiger partial charge in [-0.1, -0.05) is 0 Å². The molecule has 0 aromatic carbocycles. The molecule has 0 aromatic rings. The molecule has 216 valence electrons.